The second-order valence-electron chi connectivity index (χ2n) is 16.1. The van der Waals surface area contributed by atoms with Gasteiger partial charge in [0.15, 0.2) is 5.78 Å². The molecule has 0 bridgehead atoms. The molecule has 0 radical (unpaired) electrons. The average molecular weight is 985 g/mol. The number of carbonyl (C=O) groups is 6. The molecule has 354 valence electrons. The lowest BCUT2D eigenvalue weighted by molar-refractivity contribution is -0.138. The molecule has 0 heterocycles. The number of phenolic OH excluding ortho intramolecular Hbond substituents is 1. The van der Waals surface area contributed by atoms with Gasteiger partial charge in [0.25, 0.3) is 0 Å². The molecule has 22 heteroatoms. The number of benzene rings is 3. The molecular weight excluding hydrogens is 941 g/mol. The average Bonchev–Trinajstić information content (AvgIpc) is 3.22. The molecule has 0 amide bonds. The number of phenols is 1. The number of aromatic carboxylic acids is 1. The van der Waals surface area contributed by atoms with Gasteiger partial charge in [-0.25, -0.2) is 4.79 Å². The molecule has 0 saturated carbocycles. The number of ether oxygens (including phenoxy) is 2. The first kappa shape index (κ1) is 51.1. The Morgan fingerprint density at radius 1 is 0.791 bits per heavy atom. The van der Waals surface area contributed by atoms with Crippen LogP contribution >= 0.6 is 34.8 Å². The van der Waals surface area contributed by atoms with E-state index in [1.165, 1.54) is 48.6 Å². The maximum atomic E-state index is 13.4. The molecule has 5 rings (SSSR count). The molecule has 19 nitrogen and oxygen atoms in total. The highest BCUT2D eigenvalue weighted by Gasteiger charge is 2.41. The van der Waals surface area contributed by atoms with Crippen molar-refractivity contribution >= 4 is 87.4 Å². The number of hydrogen-bond donors (Lipinski definition) is 6. The van der Waals surface area contributed by atoms with Gasteiger partial charge in [-0.1, -0.05) is 67.1 Å². The zero-order valence-corrected chi connectivity index (χ0v) is 38.3. The standard InChI is InChI=1S/C45H44Cl3N5O14/c1-22(50-51-49)6-4-5-7-24(67-37-9-8-23(46)10-33(37)52(17-39(56)57)18-40(58)59)21-66-38-14-25(26(44(64)65)13-34(38)53(19-41(60)61)20-42(62)63)43-27-11-31(47)35(54)15-29(27)45(2,3)30-16-36(55)32(48)12-28(30)43/h8-16,22,24,54H,4-7,17-21H2,1-3H3,(H,56,57)(H,58,59)(H,60,61)(H,62,63)(H,64,65). The van der Waals surface area contributed by atoms with Gasteiger partial charge >= 0.3 is 29.8 Å². The van der Waals surface area contributed by atoms with Gasteiger partial charge in [0, 0.05) is 27.0 Å². The van der Waals surface area contributed by atoms with E-state index in [1.807, 2.05) is 0 Å². The molecule has 3 aromatic rings. The number of fused-ring (bicyclic) bond motifs is 2. The fourth-order valence-electron chi connectivity index (χ4n) is 7.90. The van der Waals surface area contributed by atoms with Crippen LogP contribution in [0.1, 0.15) is 73.5 Å². The third-order valence-electron chi connectivity index (χ3n) is 10.9. The Bertz CT molecular complexity index is 2640. The summed E-state index contributed by atoms with van der Waals surface area (Å²) in [4.78, 5) is 79.3. The number of aliphatic carboxylic acids is 4. The number of azide groups is 1. The molecule has 2 aliphatic carbocycles. The summed E-state index contributed by atoms with van der Waals surface area (Å²) in [5.41, 5.74) is 8.69. The summed E-state index contributed by atoms with van der Waals surface area (Å²) < 4.78 is 12.9. The molecule has 0 aliphatic heterocycles. The molecule has 0 saturated heterocycles. The van der Waals surface area contributed by atoms with Crippen LogP contribution in [0.4, 0.5) is 11.4 Å². The number of halogens is 3. The van der Waals surface area contributed by atoms with Gasteiger partial charge in [-0.05, 0) is 107 Å². The molecule has 0 fully saturated rings. The zero-order chi connectivity index (χ0) is 49.5. The summed E-state index contributed by atoms with van der Waals surface area (Å²) >= 11 is 19.2. The smallest absolute Gasteiger partial charge is 0.336 e. The second kappa shape index (κ2) is 21.6. The Balaban J connectivity index is 1.75. The van der Waals surface area contributed by atoms with Crippen molar-refractivity contribution < 1.29 is 68.9 Å². The first-order chi connectivity index (χ1) is 31.5. The maximum absolute atomic E-state index is 13.4. The Morgan fingerprint density at radius 3 is 1.94 bits per heavy atom. The van der Waals surface area contributed by atoms with Crippen molar-refractivity contribution in [2.45, 2.75) is 64.0 Å². The fourth-order valence-corrected chi connectivity index (χ4v) is 8.39. The molecule has 6 N–H and O–H groups in total. The fraction of sp³-hybridized carbons (Fsp3) is 0.333. The number of allylic oxidation sites excluding steroid dienone is 5. The Labute approximate surface area is 397 Å². The molecule has 3 aromatic carbocycles. The third-order valence-corrected chi connectivity index (χ3v) is 11.7. The minimum Gasteiger partial charge on any atom is -0.506 e. The number of hydrogen-bond acceptors (Lipinski definition) is 12. The lowest BCUT2D eigenvalue weighted by Crippen LogP contribution is -2.36. The van der Waals surface area contributed by atoms with Crippen LogP contribution in [0.5, 0.6) is 17.2 Å². The van der Waals surface area contributed by atoms with E-state index in [0.29, 0.717) is 41.5 Å². The van der Waals surface area contributed by atoms with E-state index in [-0.39, 0.29) is 67.3 Å². The van der Waals surface area contributed by atoms with Crippen molar-refractivity contribution in [3.8, 4) is 17.2 Å². The number of rotatable bonds is 23. The van der Waals surface area contributed by atoms with E-state index in [0.717, 1.165) is 15.9 Å². The number of carboxylic acid groups (broad SMARTS) is 5. The second-order valence-corrected chi connectivity index (χ2v) is 17.4. The van der Waals surface area contributed by atoms with E-state index in [1.54, 1.807) is 20.8 Å². The molecule has 2 atom stereocenters. The minimum absolute atomic E-state index is 0.000654. The van der Waals surface area contributed by atoms with E-state index >= 15 is 0 Å². The lowest BCUT2D eigenvalue weighted by atomic mass is 9.64. The van der Waals surface area contributed by atoms with E-state index in [4.69, 9.17) is 49.8 Å². The molecule has 67 heavy (non-hydrogen) atoms. The van der Waals surface area contributed by atoms with Crippen molar-refractivity contribution in [3.63, 3.8) is 0 Å². The van der Waals surface area contributed by atoms with Crippen molar-refractivity contribution in [1.29, 1.82) is 0 Å². The quantitative estimate of drug-likeness (QED) is 0.0226. The van der Waals surface area contributed by atoms with Crippen LogP contribution in [0.3, 0.4) is 0 Å². The maximum Gasteiger partial charge on any atom is 0.336 e. The minimum atomic E-state index is -1.54. The van der Waals surface area contributed by atoms with E-state index < -0.39 is 85.5 Å². The highest BCUT2D eigenvalue weighted by atomic mass is 35.5. The summed E-state index contributed by atoms with van der Waals surface area (Å²) in [5.74, 6) is -8.30. The molecule has 0 spiro atoms. The predicted octanol–water partition coefficient (Wildman–Crippen LogP) is 8.16. The SMILES string of the molecule is CC(CCCCC(COc1cc(C2=C3C=C(Cl)C(=O)C=C3C(C)(C)c3cc(O)c(Cl)cc32)c(C(=O)O)cc1N(CC(=O)O)CC(=O)O)Oc1ccc(Cl)cc1N(CC(=O)O)CC(=O)O)N=[N+]=[N-]. The van der Waals surface area contributed by atoms with Crippen LogP contribution in [0.25, 0.3) is 16.0 Å². The van der Waals surface area contributed by atoms with Crippen LogP contribution in [-0.2, 0) is 29.4 Å². The summed E-state index contributed by atoms with van der Waals surface area (Å²) in [6.45, 7) is 1.45. The van der Waals surface area contributed by atoms with Gasteiger partial charge in [0.2, 0.25) is 0 Å². The van der Waals surface area contributed by atoms with Gasteiger partial charge in [0.05, 0.1) is 27.0 Å². The highest BCUT2D eigenvalue weighted by molar-refractivity contribution is 6.45. The summed E-state index contributed by atoms with van der Waals surface area (Å²) in [6, 6.07) is 8.91. The normalized spacial score (nSPS) is 14.6. The lowest BCUT2D eigenvalue weighted by Gasteiger charge is -2.39. The van der Waals surface area contributed by atoms with Gasteiger partial charge < -0.3 is 49.9 Å². The first-order valence-electron chi connectivity index (χ1n) is 20.4. The molecule has 2 unspecified atom stereocenters. The van der Waals surface area contributed by atoms with Gasteiger partial charge in [-0.3, -0.25) is 24.0 Å². The van der Waals surface area contributed by atoms with E-state index in [9.17, 15) is 59.4 Å². The number of ketones is 1. The number of nitrogens with zero attached hydrogens (tertiary/aromatic N) is 5. The number of carboxylic acids is 5. The first-order valence-corrected chi connectivity index (χ1v) is 21.5. The van der Waals surface area contributed by atoms with Crippen LogP contribution in [0.2, 0.25) is 10.0 Å². The third kappa shape index (κ3) is 12.3. The number of aromatic hydroxyl groups is 1. The predicted molar refractivity (Wildman–Crippen MR) is 246 cm³/mol. The van der Waals surface area contributed by atoms with Gasteiger partial charge in [0.1, 0.15) is 56.1 Å². The largest absolute Gasteiger partial charge is 0.506 e. The van der Waals surface area contributed by atoms with Crippen LogP contribution in [-0.4, -0.2) is 111 Å². The Morgan fingerprint density at radius 2 is 1.37 bits per heavy atom. The summed E-state index contributed by atoms with van der Waals surface area (Å²) in [6.07, 6.45) is 3.23. The topological polar surface area (TPSA) is 298 Å². The Hall–Kier alpha value is -6.92. The van der Waals surface area contributed by atoms with Crippen molar-refractivity contribution in [3.05, 3.63) is 114 Å². The van der Waals surface area contributed by atoms with Crippen LogP contribution < -0.4 is 19.3 Å². The van der Waals surface area contributed by atoms with Crippen LogP contribution in [0, 0.1) is 0 Å². The number of anilines is 2. The summed E-state index contributed by atoms with van der Waals surface area (Å²) in [7, 11) is 0. The van der Waals surface area contributed by atoms with Crippen molar-refractivity contribution in [2.75, 3.05) is 42.6 Å². The molecular formula is C45H44Cl3N5O14. The van der Waals surface area contributed by atoms with Gasteiger partial charge in [-0.15, -0.1) is 0 Å². The van der Waals surface area contributed by atoms with Crippen molar-refractivity contribution in [2.24, 2.45) is 5.11 Å². The van der Waals surface area contributed by atoms with E-state index in [2.05, 4.69) is 10.0 Å². The van der Waals surface area contributed by atoms with Crippen LogP contribution in [0.15, 0.2) is 75.9 Å². The Kier molecular flexibility index (Phi) is 16.5. The summed E-state index contributed by atoms with van der Waals surface area (Å²) in [5, 5.41) is 64.3. The van der Waals surface area contributed by atoms with Gasteiger partial charge in [-0.2, -0.15) is 0 Å². The van der Waals surface area contributed by atoms with Crippen molar-refractivity contribution in [1.82, 2.24) is 0 Å². The molecule has 0 aromatic heterocycles. The number of carbonyl (C=O) groups excluding carboxylic acids is 1. The zero-order valence-electron chi connectivity index (χ0n) is 36.0. The highest BCUT2D eigenvalue weighted by Crippen LogP contribution is 2.53. The monoisotopic (exact) mass is 983 g/mol. The number of unbranched alkanes of at least 4 members (excludes halogenated alkanes) is 1. The molecule has 2 aliphatic rings.